The molecular weight excluding hydrogens is 470 g/mol. The Balaban J connectivity index is 1.49. The first kappa shape index (κ1) is 23.5. The van der Waals surface area contributed by atoms with Crippen LogP contribution >= 0.6 is 11.3 Å². The van der Waals surface area contributed by atoms with Gasteiger partial charge in [0.05, 0.1) is 23.4 Å². The van der Waals surface area contributed by atoms with Crippen LogP contribution in [-0.4, -0.2) is 33.0 Å². The summed E-state index contributed by atoms with van der Waals surface area (Å²) in [5.74, 6) is 0.353. The predicted molar refractivity (Wildman–Crippen MR) is 135 cm³/mol. The number of amides is 1. The van der Waals surface area contributed by atoms with Crippen LogP contribution in [0.2, 0.25) is 0 Å². The van der Waals surface area contributed by atoms with Gasteiger partial charge in [0, 0.05) is 23.1 Å². The first-order chi connectivity index (χ1) is 16.4. The summed E-state index contributed by atoms with van der Waals surface area (Å²) >= 11 is 1.31. The molecule has 1 aromatic heterocycles. The van der Waals surface area contributed by atoms with E-state index in [1.807, 2.05) is 35.7 Å². The number of para-hydroxylation sites is 1. The number of carbonyl (C=O) groups is 1. The van der Waals surface area contributed by atoms with Crippen molar-refractivity contribution in [2.24, 2.45) is 0 Å². The van der Waals surface area contributed by atoms with Gasteiger partial charge in [-0.15, -0.1) is 11.3 Å². The van der Waals surface area contributed by atoms with E-state index >= 15 is 0 Å². The Morgan fingerprint density at radius 1 is 1.03 bits per heavy atom. The van der Waals surface area contributed by atoms with Gasteiger partial charge >= 0.3 is 0 Å². The fraction of sp³-hybridized carbons (Fsp3) is 0.120. The van der Waals surface area contributed by atoms with E-state index in [0.717, 1.165) is 17.0 Å². The van der Waals surface area contributed by atoms with Crippen molar-refractivity contribution in [3.05, 3.63) is 89.8 Å². The molecule has 0 saturated carbocycles. The summed E-state index contributed by atoms with van der Waals surface area (Å²) < 4.78 is 32.8. The zero-order chi connectivity index (χ0) is 24.1. The lowest BCUT2D eigenvalue weighted by Gasteiger charge is -2.22. The third-order valence-electron chi connectivity index (χ3n) is 5.13. The largest absolute Gasteiger partial charge is 0.497 e. The second kappa shape index (κ2) is 10.1. The van der Waals surface area contributed by atoms with Gasteiger partial charge in [0.2, 0.25) is 0 Å². The van der Waals surface area contributed by atoms with Gasteiger partial charge in [-0.05, 0) is 55.5 Å². The molecule has 0 aliphatic heterocycles. The number of sulfonamides is 1. The van der Waals surface area contributed by atoms with Crippen LogP contribution in [0.1, 0.15) is 17.3 Å². The van der Waals surface area contributed by atoms with Crippen molar-refractivity contribution in [3.63, 3.8) is 0 Å². The average Bonchev–Trinajstić information content (AvgIpc) is 3.33. The van der Waals surface area contributed by atoms with Crippen molar-refractivity contribution >= 4 is 38.1 Å². The second-order valence-corrected chi connectivity index (χ2v) is 9.97. The average molecular weight is 494 g/mol. The van der Waals surface area contributed by atoms with E-state index < -0.39 is 10.0 Å². The van der Waals surface area contributed by atoms with E-state index in [2.05, 4.69) is 10.3 Å². The molecule has 1 N–H and O–H groups in total. The molecule has 3 aromatic carbocycles. The summed E-state index contributed by atoms with van der Waals surface area (Å²) in [5, 5.41) is 5.07. The number of ether oxygens (including phenoxy) is 1. The summed E-state index contributed by atoms with van der Waals surface area (Å²) in [6, 6.07) is 22.3. The van der Waals surface area contributed by atoms with Crippen LogP contribution in [-0.2, 0) is 10.0 Å². The second-order valence-electron chi connectivity index (χ2n) is 7.25. The molecular formula is C25H23N3O4S2. The summed E-state index contributed by atoms with van der Waals surface area (Å²) in [6.45, 7) is 2.06. The number of hydrogen-bond donors (Lipinski definition) is 1. The van der Waals surface area contributed by atoms with Crippen LogP contribution in [0.15, 0.2) is 89.1 Å². The standard InChI is InChI=1S/C25H23N3O4S2/c1-3-28(20-9-5-4-6-10-20)34(30,31)22-14-12-18(13-15-22)24(29)27-25-26-23(17-33-25)19-8-7-11-21(16-19)32-2/h4-17H,3H2,1-2H3,(H,26,27,29). The summed E-state index contributed by atoms with van der Waals surface area (Å²) in [7, 11) is -2.16. The molecule has 7 nitrogen and oxygen atoms in total. The highest BCUT2D eigenvalue weighted by Crippen LogP contribution is 2.28. The fourth-order valence-corrected chi connectivity index (χ4v) is 5.59. The maximum atomic E-state index is 13.1. The SMILES string of the molecule is CCN(c1ccccc1)S(=O)(=O)c1ccc(C(=O)Nc2nc(-c3cccc(OC)c3)cs2)cc1. The highest BCUT2D eigenvalue weighted by atomic mass is 32.2. The minimum Gasteiger partial charge on any atom is -0.497 e. The molecule has 1 amide bonds. The number of nitrogens with one attached hydrogen (secondary N) is 1. The summed E-state index contributed by atoms with van der Waals surface area (Å²) in [6.07, 6.45) is 0. The number of carbonyl (C=O) groups excluding carboxylic acids is 1. The molecule has 34 heavy (non-hydrogen) atoms. The lowest BCUT2D eigenvalue weighted by Crippen LogP contribution is -2.30. The van der Waals surface area contributed by atoms with Crippen molar-refractivity contribution in [2.45, 2.75) is 11.8 Å². The normalized spacial score (nSPS) is 11.1. The lowest BCUT2D eigenvalue weighted by molar-refractivity contribution is 0.102. The number of benzene rings is 3. The molecule has 0 fully saturated rings. The van der Waals surface area contributed by atoms with Gasteiger partial charge in [0.15, 0.2) is 5.13 Å². The van der Waals surface area contributed by atoms with E-state index in [4.69, 9.17) is 4.74 Å². The Morgan fingerprint density at radius 3 is 2.44 bits per heavy atom. The molecule has 174 valence electrons. The zero-order valence-electron chi connectivity index (χ0n) is 18.6. The molecule has 0 saturated heterocycles. The van der Waals surface area contributed by atoms with Gasteiger partial charge in [0.25, 0.3) is 15.9 Å². The van der Waals surface area contributed by atoms with E-state index in [9.17, 15) is 13.2 Å². The minimum atomic E-state index is -3.76. The molecule has 0 spiro atoms. The molecule has 0 bridgehead atoms. The van der Waals surface area contributed by atoms with Gasteiger partial charge in [-0.3, -0.25) is 14.4 Å². The molecule has 0 atom stereocenters. The van der Waals surface area contributed by atoms with Crippen molar-refractivity contribution in [1.29, 1.82) is 0 Å². The number of anilines is 2. The smallest absolute Gasteiger partial charge is 0.264 e. The molecule has 0 aliphatic carbocycles. The van der Waals surface area contributed by atoms with Gasteiger partial charge in [-0.2, -0.15) is 0 Å². The van der Waals surface area contributed by atoms with Crippen LogP contribution in [0.4, 0.5) is 10.8 Å². The van der Waals surface area contributed by atoms with Crippen molar-refractivity contribution < 1.29 is 17.9 Å². The number of thiazole rings is 1. The van der Waals surface area contributed by atoms with E-state index in [-0.39, 0.29) is 17.3 Å². The first-order valence-corrected chi connectivity index (χ1v) is 12.8. The number of hydrogen-bond acceptors (Lipinski definition) is 6. The van der Waals surface area contributed by atoms with Gasteiger partial charge in [0.1, 0.15) is 5.75 Å². The number of aromatic nitrogens is 1. The van der Waals surface area contributed by atoms with Crippen LogP contribution in [0, 0.1) is 0 Å². The van der Waals surface area contributed by atoms with Gasteiger partial charge in [-0.1, -0.05) is 30.3 Å². The molecule has 4 aromatic rings. The quantitative estimate of drug-likeness (QED) is 0.360. The monoisotopic (exact) mass is 493 g/mol. The molecule has 0 unspecified atom stereocenters. The molecule has 9 heteroatoms. The fourth-order valence-electron chi connectivity index (χ4n) is 3.41. The summed E-state index contributed by atoms with van der Waals surface area (Å²) in [5.41, 5.74) is 2.52. The highest BCUT2D eigenvalue weighted by molar-refractivity contribution is 7.92. The van der Waals surface area contributed by atoms with Crippen LogP contribution in [0.3, 0.4) is 0 Å². The van der Waals surface area contributed by atoms with Gasteiger partial charge < -0.3 is 4.74 Å². The number of methoxy groups -OCH3 is 1. The van der Waals surface area contributed by atoms with Crippen LogP contribution in [0.25, 0.3) is 11.3 Å². The Bertz CT molecular complexity index is 1390. The Kier molecular flexibility index (Phi) is 6.95. The Labute approximate surface area is 202 Å². The first-order valence-electron chi connectivity index (χ1n) is 10.5. The molecule has 0 aliphatic rings. The number of rotatable bonds is 8. The van der Waals surface area contributed by atoms with Crippen molar-refractivity contribution in [2.75, 3.05) is 23.3 Å². The third kappa shape index (κ3) is 4.95. The predicted octanol–water partition coefficient (Wildman–Crippen LogP) is 5.29. The van der Waals surface area contributed by atoms with Gasteiger partial charge in [-0.25, -0.2) is 13.4 Å². The Hall–Kier alpha value is -3.69. The Morgan fingerprint density at radius 2 is 1.76 bits per heavy atom. The number of nitrogens with zero attached hydrogens (tertiary/aromatic N) is 2. The maximum absolute atomic E-state index is 13.1. The van der Waals surface area contributed by atoms with Crippen LogP contribution < -0.4 is 14.4 Å². The molecule has 4 rings (SSSR count). The van der Waals surface area contributed by atoms with E-state index in [1.54, 1.807) is 38.3 Å². The summed E-state index contributed by atoms with van der Waals surface area (Å²) in [4.78, 5) is 17.3. The van der Waals surface area contributed by atoms with Crippen LogP contribution in [0.5, 0.6) is 5.75 Å². The molecule has 1 heterocycles. The van der Waals surface area contributed by atoms with Crippen molar-refractivity contribution in [1.82, 2.24) is 4.98 Å². The maximum Gasteiger partial charge on any atom is 0.264 e. The topological polar surface area (TPSA) is 88.6 Å². The van der Waals surface area contributed by atoms with E-state index in [0.29, 0.717) is 16.4 Å². The third-order valence-corrected chi connectivity index (χ3v) is 7.80. The lowest BCUT2D eigenvalue weighted by atomic mass is 10.2. The zero-order valence-corrected chi connectivity index (χ0v) is 20.3. The van der Waals surface area contributed by atoms with E-state index in [1.165, 1.54) is 39.9 Å². The van der Waals surface area contributed by atoms with Crippen molar-refractivity contribution in [3.8, 4) is 17.0 Å². The minimum absolute atomic E-state index is 0.115. The highest BCUT2D eigenvalue weighted by Gasteiger charge is 2.23. The molecule has 0 radical (unpaired) electrons.